The van der Waals surface area contributed by atoms with Crippen molar-refractivity contribution in [1.82, 2.24) is 9.97 Å². The zero-order chi connectivity index (χ0) is 17.0. The van der Waals surface area contributed by atoms with Crippen molar-refractivity contribution in [3.8, 4) is 0 Å². The summed E-state index contributed by atoms with van der Waals surface area (Å²) in [7, 11) is 1.61. The van der Waals surface area contributed by atoms with E-state index < -0.39 is 0 Å². The Labute approximate surface area is 147 Å². The SMILES string of the molecule is COC/C=C(\C)c1ncc(C2=C(SC)C(=O)C(Br)CC2)c(=O)[nH]1. The van der Waals surface area contributed by atoms with Crippen molar-refractivity contribution in [1.29, 1.82) is 0 Å². The molecule has 5 nitrogen and oxygen atoms in total. The molecule has 1 heterocycles. The predicted octanol–water partition coefficient (Wildman–Crippen LogP) is 3.02. The number of carbonyl (C=O) groups is 1. The summed E-state index contributed by atoms with van der Waals surface area (Å²) >= 11 is 4.77. The number of methoxy groups -OCH3 is 1. The first-order valence-corrected chi connectivity index (χ1v) is 9.34. The van der Waals surface area contributed by atoms with Crippen LogP contribution in [-0.2, 0) is 9.53 Å². The number of H-pyrrole nitrogens is 1. The van der Waals surface area contributed by atoms with Crippen LogP contribution in [0.4, 0.5) is 0 Å². The predicted molar refractivity (Wildman–Crippen MR) is 97.8 cm³/mol. The van der Waals surface area contributed by atoms with Gasteiger partial charge in [0.1, 0.15) is 5.82 Å². The number of alkyl halides is 1. The van der Waals surface area contributed by atoms with Crippen LogP contribution >= 0.6 is 27.7 Å². The maximum absolute atomic E-state index is 12.4. The van der Waals surface area contributed by atoms with Crippen LogP contribution in [0.2, 0.25) is 0 Å². The van der Waals surface area contributed by atoms with E-state index in [1.165, 1.54) is 11.8 Å². The molecule has 0 saturated heterocycles. The molecule has 0 radical (unpaired) electrons. The number of hydrogen-bond donors (Lipinski definition) is 1. The second kappa shape index (κ2) is 8.08. The molecule has 0 fully saturated rings. The van der Waals surface area contributed by atoms with Gasteiger partial charge in [0.15, 0.2) is 5.78 Å². The van der Waals surface area contributed by atoms with Gasteiger partial charge in [0, 0.05) is 13.3 Å². The lowest BCUT2D eigenvalue weighted by molar-refractivity contribution is -0.114. The van der Waals surface area contributed by atoms with Crippen molar-refractivity contribution < 1.29 is 9.53 Å². The highest BCUT2D eigenvalue weighted by molar-refractivity contribution is 9.10. The van der Waals surface area contributed by atoms with Crippen molar-refractivity contribution in [3.63, 3.8) is 0 Å². The Kier molecular flexibility index (Phi) is 6.38. The number of carbonyl (C=O) groups excluding carboxylic acids is 1. The van der Waals surface area contributed by atoms with Gasteiger partial charge in [0.25, 0.3) is 5.56 Å². The molecule has 1 aliphatic rings. The fourth-order valence-electron chi connectivity index (χ4n) is 2.40. The third kappa shape index (κ3) is 4.02. The number of hydrogen-bond acceptors (Lipinski definition) is 5. The van der Waals surface area contributed by atoms with Gasteiger partial charge in [-0.3, -0.25) is 9.59 Å². The Bertz CT molecular complexity index is 724. The largest absolute Gasteiger partial charge is 0.381 e. The van der Waals surface area contributed by atoms with E-state index >= 15 is 0 Å². The number of Topliss-reactive ketones (excluding diaryl/α,β-unsaturated/α-hetero) is 1. The molecule has 7 heteroatoms. The van der Waals surface area contributed by atoms with Gasteiger partial charge >= 0.3 is 0 Å². The van der Waals surface area contributed by atoms with Crippen molar-refractivity contribution in [3.05, 3.63) is 38.9 Å². The number of aromatic nitrogens is 2. The highest BCUT2D eigenvalue weighted by Gasteiger charge is 2.29. The average molecular weight is 399 g/mol. The van der Waals surface area contributed by atoms with Gasteiger partial charge in [-0.15, -0.1) is 11.8 Å². The first-order chi connectivity index (χ1) is 11.0. The van der Waals surface area contributed by atoms with Gasteiger partial charge in [0.05, 0.1) is 21.9 Å². The minimum Gasteiger partial charge on any atom is -0.381 e. The molecule has 2 rings (SSSR count). The van der Waals surface area contributed by atoms with Crippen LogP contribution in [0.25, 0.3) is 11.1 Å². The van der Waals surface area contributed by atoms with Gasteiger partial charge in [-0.05, 0) is 37.2 Å². The Morgan fingerprint density at radius 1 is 1.57 bits per heavy atom. The summed E-state index contributed by atoms with van der Waals surface area (Å²) in [6.07, 6.45) is 6.63. The maximum atomic E-state index is 12.4. The third-order valence-electron chi connectivity index (χ3n) is 3.69. The number of ketones is 1. The smallest absolute Gasteiger partial charge is 0.258 e. The first kappa shape index (κ1) is 18.2. The average Bonchev–Trinajstić information content (AvgIpc) is 2.55. The van der Waals surface area contributed by atoms with Crippen LogP contribution in [0.15, 0.2) is 22.0 Å². The number of rotatable bonds is 5. The Morgan fingerprint density at radius 3 is 2.91 bits per heavy atom. The van der Waals surface area contributed by atoms with E-state index in [2.05, 4.69) is 25.9 Å². The van der Waals surface area contributed by atoms with Gasteiger partial charge in [-0.2, -0.15) is 0 Å². The molecule has 0 aromatic carbocycles. The molecule has 1 unspecified atom stereocenters. The second-order valence-electron chi connectivity index (χ2n) is 5.20. The van der Waals surface area contributed by atoms with Gasteiger partial charge in [-0.1, -0.05) is 22.0 Å². The maximum Gasteiger partial charge on any atom is 0.258 e. The fraction of sp³-hybridized carbons (Fsp3) is 0.438. The molecular formula is C16H19BrN2O3S. The van der Waals surface area contributed by atoms with Crippen molar-refractivity contribution in [2.45, 2.75) is 24.6 Å². The molecule has 1 aromatic rings. The Balaban J connectivity index is 2.44. The van der Waals surface area contributed by atoms with Crippen LogP contribution in [0.5, 0.6) is 0 Å². The zero-order valence-corrected chi connectivity index (χ0v) is 15.7. The highest BCUT2D eigenvalue weighted by atomic mass is 79.9. The first-order valence-electron chi connectivity index (χ1n) is 7.20. The molecule has 124 valence electrons. The lowest BCUT2D eigenvalue weighted by atomic mass is 9.94. The van der Waals surface area contributed by atoms with Gasteiger partial charge in [-0.25, -0.2) is 4.98 Å². The van der Waals surface area contributed by atoms with E-state index in [1.54, 1.807) is 13.3 Å². The molecule has 1 atom stereocenters. The summed E-state index contributed by atoms with van der Waals surface area (Å²) in [6.45, 7) is 2.32. The van der Waals surface area contributed by atoms with Crippen LogP contribution in [0.1, 0.15) is 31.2 Å². The molecule has 0 saturated carbocycles. The summed E-state index contributed by atoms with van der Waals surface area (Å²) in [6, 6.07) is 0. The molecule has 0 spiro atoms. The molecule has 0 amide bonds. The molecular weight excluding hydrogens is 380 g/mol. The number of thioether (sulfide) groups is 1. The van der Waals surface area contributed by atoms with E-state index in [1.807, 2.05) is 19.3 Å². The summed E-state index contributed by atoms with van der Waals surface area (Å²) in [4.78, 5) is 32.3. The van der Waals surface area contributed by atoms with Crippen LogP contribution in [-0.4, -0.2) is 40.6 Å². The summed E-state index contributed by atoms with van der Waals surface area (Å²) < 4.78 is 4.99. The van der Waals surface area contributed by atoms with Gasteiger partial charge < -0.3 is 9.72 Å². The standard InChI is InChI=1S/C16H19BrN2O3S/c1-9(6-7-22-2)15-18-8-11(16(21)19-15)10-4-5-12(17)13(20)14(10)23-3/h6,8,12H,4-5,7H2,1-3H3,(H,18,19,21)/b9-6+. The highest BCUT2D eigenvalue weighted by Crippen LogP contribution is 2.36. The molecule has 1 aliphatic carbocycles. The third-order valence-corrected chi connectivity index (χ3v) is 5.42. The number of nitrogens with one attached hydrogen (secondary N) is 1. The quantitative estimate of drug-likeness (QED) is 0.771. The van der Waals surface area contributed by atoms with E-state index in [-0.39, 0.29) is 16.2 Å². The minimum absolute atomic E-state index is 0.0402. The van der Waals surface area contributed by atoms with Crippen LogP contribution in [0.3, 0.4) is 0 Å². The number of aromatic amines is 1. The molecule has 23 heavy (non-hydrogen) atoms. The fourth-order valence-corrected chi connectivity index (χ4v) is 3.81. The lowest BCUT2D eigenvalue weighted by Gasteiger charge is -2.21. The second-order valence-corrected chi connectivity index (χ2v) is 7.12. The van der Waals surface area contributed by atoms with Crippen molar-refractivity contribution in [2.24, 2.45) is 0 Å². The lowest BCUT2D eigenvalue weighted by Crippen LogP contribution is -2.24. The van der Waals surface area contributed by atoms with E-state index in [4.69, 9.17) is 4.74 Å². The number of halogens is 1. The van der Waals surface area contributed by atoms with E-state index in [9.17, 15) is 9.59 Å². The summed E-state index contributed by atoms with van der Waals surface area (Å²) in [5.41, 5.74) is 1.89. The molecule has 1 N–H and O–H groups in total. The van der Waals surface area contributed by atoms with E-state index in [0.29, 0.717) is 35.7 Å². The van der Waals surface area contributed by atoms with E-state index in [0.717, 1.165) is 11.1 Å². The Hall–Kier alpha value is -1.18. The topological polar surface area (TPSA) is 72.0 Å². The normalized spacial score (nSPS) is 19.4. The van der Waals surface area contributed by atoms with Crippen LogP contribution in [0, 0.1) is 0 Å². The van der Waals surface area contributed by atoms with Crippen molar-refractivity contribution >= 4 is 44.6 Å². The minimum atomic E-state index is -0.220. The summed E-state index contributed by atoms with van der Waals surface area (Å²) in [5, 5.41) is 0. The molecule has 1 aromatic heterocycles. The molecule has 0 aliphatic heterocycles. The summed E-state index contributed by atoms with van der Waals surface area (Å²) in [5.74, 6) is 0.556. The molecule has 0 bridgehead atoms. The zero-order valence-electron chi connectivity index (χ0n) is 13.3. The van der Waals surface area contributed by atoms with Crippen molar-refractivity contribution in [2.75, 3.05) is 20.0 Å². The number of ether oxygens (including phenoxy) is 1. The monoisotopic (exact) mass is 398 g/mol. The number of allylic oxidation sites excluding steroid dienone is 3. The van der Waals surface area contributed by atoms with Gasteiger partial charge in [0.2, 0.25) is 0 Å². The Morgan fingerprint density at radius 2 is 2.30 bits per heavy atom. The number of nitrogens with zero attached hydrogens (tertiary/aromatic N) is 1. The van der Waals surface area contributed by atoms with Crippen LogP contribution < -0.4 is 5.56 Å².